The standard InChI is InChI=1S/C23H28N6O/c1-3-4-15-29(2)22-20(24)21(25-16-26-22)27-28-23(30)19(17-11-7-5-8-12-17)18-13-9-6-10-14-18/h5-14,16,19H,3-4,15,24H2,1-2H3,(H,28,30)(H,25,26,27). The van der Waals surface area contributed by atoms with Crippen LogP contribution in [-0.4, -0.2) is 29.5 Å². The van der Waals surface area contributed by atoms with E-state index in [9.17, 15) is 4.79 Å². The highest BCUT2D eigenvalue weighted by atomic mass is 16.2. The van der Waals surface area contributed by atoms with Crippen molar-refractivity contribution >= 4 is 23.2 Å². The smallest absolute Gasteiger partial charge is 0.250 e. The predicted molar refractivity (Wildman–Crippen MR) is 121 cm³/mol. The molecular formula is C23H28N6O. The summed E-state index contributed by atoms with van der Waals surface area (Å²) in [6.45, 7) is 2.98. The fraction of sp³-hybridized carbons (Fsp3) is 0.261. The molecule has 0 aliphatic heterocycles. The average Bonchev–Trinajstić information content (AvgIpc) is 2.78. The van der Waals surface area contributed by atoms with Gasteiger partial charge in [-0.25, -0.2) is 9.97 Å². The van der Waals surface area contributed by atoms with Crippen molar-refractivity contribution in [2.75, 3.05) is 29.7 Å². The van der Waals surface area contributed by atoms with Gasteiger partial charge in [-0.1, -0.05) is 74.0 Å². The van der Waals surface area contributed by atoms with Crippen LogP contribution in [0.5, 0.6) is 0 Å². The number of nitrogens with two attached hydrogens (primary N) is 1. The van der Waals surface area contributed by atoms with E-state index in [-0.39, 0.29) is 5.91 Å². The van der Waals surface area contributed by atoms with Crippen LogP contribution in [0.2, 0.25) is 0 Å². The Labute approximate surface area is 177 Å². The second-order valence-electron chi connectivity index (χ2n) is 7.10. The van der Waals surface area contributed by atoms with E-state index < -0.39 is 5.92 Å². The first-order valence-corrected chi connectivity index (χ1v) is 10.1. The Morgan fingerprint density at radius 3 is 2.20 bits per heavy atom. The molecule has 0 bridgehead atoms. The molecule has 0 aliphatic carbocycles. The summed E-state index contributed by atoms with van der Waals surface area (Å²) in [6.07, 6.45) is 3.56. The fourth-order valence-electron chi connectivity index (χ4n) is 3.27. The second-order valence-corrected chi connectivity index (χ2v) is 7.10. The third-order valence-electron chi connectivity index (χ3n) is 4.90. The molecule has 7 nitrogen and oxygen atoms in total. The minimum Gasteiger partial charge on any atom is -0.393 e. The van der Waals surface area contributed by atoms with Gasteiger partial charge in [-0.3, -0.25) is 15.6 Å². The van der Waals surface area contributed by atoms with Crippen LogP contribution < -0.4 is 21.5 Å². The molecule has 0 radical (unpaired) electrons. The van der Waals surface area contributed by atoms with Crippen LogP contribution in [0.3, 0.4) is 0 Å². The molecule has 7 heteroatoms. The minimum atomic E-state index is -0.463. The highest BCUT2D eigenvalue weighted by molar-refractivity contribution is 5.88. The van der Waals surface area contributed by atoms with Crippen LogP contribution in [0.1, 0.15) is 36.8 Å². The molecule has 0 unspecified atom stereocenters. The van der Waals surface area contributed by atoms with Gasteiger partial charge in [0.15, 0.2) is 11.6 Å². The molecule has 4 N–H and O–H groups in total. The lowest BCUT2D eigenvalue weighted by molar-refractivity contribution is -0.121. The maximum Gasteiger partial charge on any atom is 0.250 e. The first-order valence-electron chi connectivity index (χ1n) is 10.1. The van der Waals surface area contributed by atoms with Gasteiger partial charge in [0.2, 0.25) is 5.91 Å². The third-order valence-corrected chi connectivity index (χ3v) is 4.90. The zero-order valence-corrected chi connectivity index (χ0v) is 17.4. The summed E-state index contributed by atoms with van der Waals surface area (Å²) >= 11 is 0. The van der Waals surface area contributed by atoms with Crippen LogP contribution in [-0.2, 0) is 4.79 Å². The number of carbonyl (C=O) groups is 1. The fourth-order valence-corrected chi connectivity index (χ4v) is 3.27. The number of hydrogen-bond acceptors (Lipinski definition) is 6. The molecule has 1 aromatic heterocycles. The van der Waals surface area contributed by atoms with Crippen molar-refractivity contribution in [2.45, 2.75) is 25.7 Å². The maximum atomic E-state index is 13.1. The first kappa shape index (κ1) is 21.1. The van der Waals surface area contributed by atoms with Crippen molar-refractivity contribution in [1.82, 2.24) is 15.4 Å². The molecule has 2 aromatic carbocycles. The molecule has 0 saturated heterocycles. The molecule has 0 aliphatic rings. The van der Waals surface area contributed by atoms with E-state index in [0.29, 0.717) is 17.3 Å². The number of nitrogens with zero attached hydrogens (tertiary/aromatic N) is 3. The van der Waals surface area contributed by atoms with Crippen molar-refractivity contribution < 1.29 is 4.79 Å². The number of hydrazine groups is 1. The van der Waals surface area contributed by atoms with Crippen LogP contribution in [0.25, 0.3) is 0 Å². The lowest BCUT2D eigenvalue weighted by Gasteiger charge is -2.22. The van der Waals surface area contributed by atoms with Crippen molar-refractivity contribution in [3.05, 3.63) is 78.1 Å². The molecule has 1 amide bonds. The lowest BCUT2D eigenvalue weighted by Crippen LogP contribution is -2.35. The van der Waals surface area contributed by atoms with E-state index in [1.54, 1.807) is 0 Å². The van der Waals surface area contributed by atoms with E-state index in [1.807, 2.05) is 72.6 Å². The number of nitrogens with one attached hydrogen (secondary N) is 2. The van der Waals surface area contributed by atoms with Gasteiger partial charge in [0, 0.05) is 13.6 Å². The largest absolute Gasteiger partial charge is 0.393 e. The Morgan fingerprint density at radius 1 is 1.03 bits per heavy atom. The average molecular weight is 405 g/mol. The summed E-state index contributed by atoms with van der Waals surface area (Å²) < 4.78 is 0. The molecule has 0 spiro atoms. The topological polar surface area (TPSA) is 96.2 Å². The number of unbranched alkanes of at least 4 members (excludes halogenated alkanes) is 1. The van der Waals surface area contributed by atoms with Gasteiger partial charge >= 0.3 is 0 Å². The maximum absolute atomic E-state index is 13.1. The molecule has 30 heavy (non-hydrogen) atoms. The molecule has 3 aromatic rings. The SMILES string of the molecule is CCCCN(C)c1ncnc(NNC(=O)C(c2ccccc2)c2ccccc2)c1N. The molecule has 156 valence electrons. The van der Waals surface area contributed by atoms with Crippen LogP contribution in [0.4, 0.5) is 17.3 Å². The highest BCUT2D eigenvalue weighted by Crippen LogP contribution is 2.27. The van der Waals surface area contributed by atoms with Crippen molar-refractivity contribution in [3.63, 3.8) is 0 Å². The number of nitrogen functional groups attached to an aromatic ring is 1. The van der Waals surface area contributed by atoms with Crippen molar-refractivity contribution in [2.24, 2.45) is 0 Å². The summed E-state index contributed by atoms with van der Waals surface area (Å²) in [5, 5.41) is 0. The van der Waals surface area contributed by atoms with Crippen LogP contribution in [0, 0.1) is 0 Å². The number of anilines is 3. The lowest BCUT2D eigenvalue weighted by atomic mass is 9.91. The minimum absolute atomic E-state index is 0.203. The Kier molecular flexibility index (Phi) is 7.21. The van der Waals surface area contributed by atoms with Crippen molar-refractivity contribution in [1.29, 1.82) is 0 Å². The van der Waals surface area contributed by atoms with Gasteiger partial charge in [0.05, 0.1) is 5.92 Å². The quantitative estimate of drug-likeness (QED) is 0.472. The van der Waals surface area contributed by atoms with Crippen LogP contribution >= 0.6 is 0 Å². The number of aromatic nitrogens is 2. The van der Waals surface area contributed by atoms with Crippen molar-refractivity contribution in [3.8, 4) is 0 Å². The van der Waals surface area contributed by atoms with Gasteiger partial charge in [-0.15, -0.1) is 0 Å². The predicted octanol–water partition coefficient (Wildman–Crippen LogP) is 3.57. The Balaban J connectivity index is 1.78. The van der Waals surface area contributed by atoms with E-state index in [1.165, 1.54) is 6.33 Å². The monoisotopic (exact) mass is 404 g/mol. The second kappa shape index (κ2) is 10.2. The molecule has 0 saturated carbocycles. The summed E-state index contributed by atoms with van der Waals surface area (Å²) in [7, 11) is 1.94. The Bertz CT molecular complexity index is 909. The summed E-state index contributed by atoms with van der Waals surface area (Å²) in [5.41, 5.74) is 14.1. The summed E-state index contributed by atoms with van der Waals surface area (Å²) in [4.78, 5) is 23.6. The van der Waals surface area contributed by atoms with E-state index in [4.69, 9.17) is 5.73 Å². The molecule has 1 heterocycles. The summed E-state index contributed by atoms with van der Waals surface area (Å²) in [6, 6.07) is 19.3. The van der Waals surface area contributed by atoms with Gasteiger partial charge in [-0.2, -0.15) is 0 Å². The molecule has 0 fully saturated rings. The zero-order chi connectivity index (χ0) is 21.3. The Morgan fingerprint density at radius 2 is 1.63 bits per heavy atom. The molecule has 0 atom stereocenters. The van der Waals surface area contributed by atoms with Crippen LogP contribution in [0.15, 0.2) is 67.0 Å². The number of hydrogen-bond donors (Lipinski definition) is 3. The third kappa shape index (κ3) is 5.05. The molecule has 3 rings (SSSR count). The molecular weight excluding hydrogens is 376 g/mol. The van der Waals surface area contributed by atoms with Gasteiger partial charge in [-0.05, 0) is 17.5 Å². The number of amides is 1. The number of carbonyl (C=O) groups excluding carboxylic acids is 1. The van der Waals surface area contributed by atoms with Gasteiger partial charge in [0.1, 0.15) is 12.0 Å². The normalized spacial score (nSPS) is 10.6. The van der Waals surface area contributed by atoms with E-state index >= 15 is 0 Å². The number of benzene rings is 2. The zero-order valence-electron chi connectivity index (χ0n) is 17.4. The van der Waals surface area contributed by atoms with E-state index in [0.717, 1.165) is 30.5 Å². The Hall–Kier alpha value is -3.61. The summed E-state index contributed by atoms with van der Waals surface area (Å²) in [5.74, 6) is 0.343. The number of rotatable bonds is 9. The first-order chi connectivity index (χ1) is 14.6. The van der Waals surface area contributed by atoms with E-state index in [2.05, 4.69) is 27.7 Å². The van der Waals surface area contributed by atoms with Gasteiger partial charge in [0.25, 0.3) is 0 Å². The highest BCUT2D eigenvalue weighted by Gasteiger charge is 2.23. The van der Waals surface area contributed by atoms with Gasteiger partial charge < -0.3 is 10.6 Å².